The molecule has 2 aliphatic rings. The topological polar surface area (TPSA) is 161 Å². The average Bonchev–Trinajstić information content (AvgIpc) is 3.71. The molecule has 0 aliphatic carbocycles. The Morgan fingerprint density at radius 1 is 1.21 bits per heavy atom. The normalized spacial score (nSPS) is 33.2. The van der Waals surface area contributed by atoms with Gasteiger partial charge in [-0.3, -0.25) is 14.4 Å². The molecule has 2 aliphatic heterocycles. The molecule has 10 atom stereocenters. The van der Waals surface area contributed by atoms with E-state index in [1.54, 1.807) is 6.08 Å². The lowest BCUT2D eigenvalue weighted by atomic mass is 9.85. The van der Waals surface area contributed by atoms with Crippen molar-refractivity contribution < 1.29 is 43.5 Å². The maximum Gasteiger partial charge on any atom is 0.309 e. The largest absolute Gasteiger partial charge is 0.463 e. The van der Waals surface area contributed by atoms with Gasteiger partial charge >= 0.3 is 17.9 Å². The quantitative estimate of drug-likeness (QED) is 0.0815. The van der Waals surface area contributed by atoms with Crippen molar-refractivity contribution in [3.63, 3.8) is 0 Å². The fourth-order valence-electron chi connectivity index (χ4n) is 5.38. The molecule has 2 heterocycles. The molecule has 0 amide bonds. The molecule has 1 fully saturated rings. The van der Waals surface area contributed by atoms with Crippen LogP contribution in [-0.4, -0.2) is 76.9 Å². The van der Waals surface area contributed by atoms with Crippen LogP contribution in [0.15, 0.2) is 41.1 Å². The number of aliphatic hydroxyl groups excluding tert-OH is 2. The number of aliphatic hydroxyl groups is 2. The van der Waals surface area contributed by atoms with Crippen molar-refractivity contribution in [2.75, 3.05) is 6.61 Å². The number of ether oxygens (including phenoxy) is 4. The third-order valence-electron chi connectivity index (χ3n) is 8.18. The molecule has 2 rings (SSSR count). The number of carbonyl (C=O) groups excluding carboxylic acids is 3. The highest BCUT2D eigenvalue weighted by atomic mass is 16.6. The van der Waals surface area contributed by atoms with E-state index in [1.165, 1.54) is 19.9 Å². The van der Waals surface area contributed by atoms with Crippen molar-refractivity contribution in [1.29, 1.82) is 0 Å². The van der Waals surface area contributed by atoms with Gasteiger partial charge in [0.05, 0.1) is 30.8 Å². The molecule has 0 aromatic carbocycles. The van der Waals surface area contributed by atoms with E-state index < -0.39 is 54.3 Å². The summed E-state index contributed by atoms with van der Waals surface area (Å²) in [5.41, 5.74) is -0.961. The highest BCUT2D eigenvalue weighted by Crippen LogP contribution is 2.36. The molecule has 0 bridgehead atoms. The molecule has 2 N–H and O–H groups in total. The summed E-state index contributed by atoms with van der Waals surface area (Å²) in [6.07, 6.45) is 6.76. The second kappa shape index (κ2) is 16.8. The van der Waals surface area contributed by atoms with Gasteiger partial charge in [-0.15, -0.1) is 4.91 Å². The minimum absolute atomic E-state index is 0.0505. The predicted octanol–water partition coefficient (Wildman–Crippen LogP) is 4.34. The molecular formula is C32H49NO10. The third kappa shape index (κ3) is 11.3. The summed E-state index contributed by atoms with van der Waals surface area (Å²) >= 11 is 0. The lowest BCUT2D eigenvalue weighted by Crippen LogP contribution is -2.47. The molecule has 0 spiro atoms. The summed E-state index contributed by atoms with van der Waals surface area (Å²) in [6, 6.07) is 0. The zero-order chi connectivity index (χ0) is 32.3. The van der Waals surface area contributed by atoms with Crippen LogP contribution < -0.4 is 0 Å². The predicted molar refractivity (Wildman–Crippen MR) is 160 cm³/mol. The lowest BCUT2D eigenvalue weighted by molar-refractivity contribution is -0.152. The number of esters is 3. The van der Waals surface area contributed by atoms with Crippen molar-refractivity contribution in [1.82, 2.24) is 0 Å². The molecule has 10 unspecified atom stereocenters. The monoisotopic (exact) mass is 607 g/mol. The van der Waals surface area contributed by atoms with E-state index >= 15 is 0 Å². The van der Waals surface area contributed by atoms with Gasteiger partial charge in [-0.2, -0.15) is 0 Å². The van der Waals surface area contributed by atoms with Gasteiger partial charge in [-0.05, 0) is 50.2 Å². The molecule has 1 saturated heterocycles. The first-order chi connectivity index (χ1) is 20.2. The number of hydrogen-bond acceptors (Lipinski definition) is 11. The number of allylic oxidation sites excluding steroid dienone is 3. The second-order valence-corrected chi connectivity index (χ2v) is 12.0. The van der Waals surface area contributed by atoms with Gasteiger partial charge in [0, 0.05) is 25.7 Å². The number of carbonyl (C=O) groups is 3. The van der Waals surface area contributed by atoms with Crippen LogP contribution in [0.1, 0.15) is 80.6 Å². The number of hydrogen-bond donors (Lipinski definition) is 2. The van der Waals surface area contributed by atoms with Crippen LogP contribution in [0.3, 0.4) is 0 Å². The van der Waals surface area contributed by atoms with Crippen molar-refractivity contribution >= 4 is 17.9 Å². The minimum atomic E-state index is -1.70. The Labute approximate surface area is 254 Å². The molecule has 11 nitrogen and oxygen atoms in total. The van der Waals surface area contributed by atoms with Crippen molar-refractivity contribution in [2.45, 2.75) is 123 Å². The Hall–Kier alpha value is -2.89. The van der Waals surface area contributed by atoms with E-state index in [2.05, 4.69) is 12.1 Å². The third-order valence-corrected chi connectivity index (χ3v) is 8.18. The summed E-state index contributed by atoms with van der Waals surface area (Å²) in [5, 5.41) is 23.9. The molecule has 0 aromatic heterocycles. The second-order valence-electron chi connectivity index (χ2n) is 12.0. The number of nitrogens with zero attached hydrogens (tertiary/aromatic N) is 1. The highest BCUT2D eigenvalue weighted by molar-refractivity contribution is 5.70. The number of nitroso groups, excluding NO2 is 1. The smallest absolute Gasteiger partial charge is 0.309 e. The summed E-state index contributed by atoms with van der Waals surface area (Å²) in [4.78, 5) is 48.5. The van der Waals surface area contributed by atoms with E-state index in [1.807, 2.05) is 45.9 Å². The summed E-state index contributed by atoms with van der Waals surface area (Å²) < 4.78 is 22.2. The average molecular weight is 608 g/mol. The maximum absolute atomic E-state index is 12.8. The van der Waals surface area contributed by atoms with Crippen LogP contribution in [0.4, 0.5) is 0 Å². The number of rotatable bonds is 12. The molecule has 0 aromatic rings. The van der Waals surface area contributed by atoms with Gasteiger partial charge in [0.25, 0.3) is 0 Å². The van der Waals surface area contributed by atoms with E-state index in [9.17, 15) is 29.5 Å². The lowest BCUT2D eigenvalue weighted by Gasteiger charge is -2.33. The zero-order valence-corrected chi connectivity index (χ0v) is 26.4. The molecule has 242 valence electrons. The fraction of sp³-hybridized carbons (Fsp3) is 0.719. The van der Waals surface area contributed by atoms with Crippen LogP contribution in [-0.2, 0) is 33.3 Å². The van der Waals surface area contributed by atoms with E-state index in [0.29, 0.717) is 6.42 Å². The summed E-state index contributed by atoms with van der Waals surface area (Å²) in [7, 11) is 0. The van der Waals surface area contributed by atoms with E-state index in [4.69, 9.17) is 18.9 Å². The summed E-state index contributed by atoms with van der Waals surface area (Å²) in [5.74, 6) is -2.04. The summed E-state index contributed by atoms with van der Waals surface area (Å²) in [6.45, 7) is 11.6. The highest BCUT2D eigenvalue weighted by Gasteiger charge is 2.45. The first kappa shape index (κ1) is 36.3. The Bertz CT molecular complexity index is 1050. The van der Waals surface area contributed by atoms with Crippen LogP contribution in [0, 0.1) is 22.7 Å². The molecular weight excluding hydrogens is 558 g/mol. The van der Waals surface area contributed by atoms with Crippen molar-refractivity contribution in [3.05, 3.63) is 40.9 Å². The van der Waals surface area contributed by atoms with Gasteiger partial charge in [0.2, 0.25) is 0 Å². The first-order valence-corrected chi connectivity index (χ1v) is 15.1. The number of cyclic esters (lactones) is 1. The first-order valence-electron chi connectivity index (χ1n) is 15.1. The van der Waals surface area contributed by atoms with Crippen LogP contribution in [0.25, 0.3) is 0 Å². The van der Waals surface area contributed by atoms with E-state index in [0.717, 1.165) is 12.0 Å². The SMILES string of the molecule is CCC(O)C(C)C1OC1CC(C)/C=C/C=C(\C)C1OC(=O)CC(O)CCC(COC(C)=O)(N=O)C(OC(C)=O)/C=C/C1C. The van der Waals surface area contributed by atoms with Gasteiger partial charge in [-0.1, -0.05) is 57.2 Å². The molecule has 43 heavy (non-hydrogen) atoms. The Morgan fingerprint density at radius 3 is 2.51 bits per heavy atom. The number of epoxide rings is 1. The maximum atomic E-state index is 12.8. The fourth-order valence-corrected chi connectivity index (χ4v) is 5.38. The molecule has 0 saturated carbocycles. The molecule has 0 radical (unpaired) electrons. The van der Waals surface area contributed by atoms with Gasteiger partial charge in [0.15, 0.2) is 11.6 Å². The van der Waals surface area contributed by atoms with Crippen LogP contribution in [0.5, 0.6) is 0 Å². The van der Waals surface area contributed by atoms with Crippen LogP contribution >= 0.6 is 0 Å². The molecule has 11 heteroatoms. The standard InChI is InChI=1S/C32H49NO10/c1-8-26(37)22(5)31-27(42-31)16-19(2)10-9-11-20(3)30-21(4)12-13-28(41-24(7)35)32(33-39,18-40-23(6)34)15-14-25(36)17-29(38)43-30/h9-13,19,21-22,25-28,30-31,36-37H,8,14-18H2,1-7H3/b10-9+,13-12+,20-11+. The van der Waals surface area contributed by atoms with Gasteiger partial charge in [0.1, 0.15) is 12.7 Å². The minimum Gasteiger partial charge on any atom is -0.463 e. The van der Waals surface area contributed by atoms with Crippen molar-refractivity contribution in [2.24, 2.45) is 22.9 Å². The Kier molecular flexibility index (Phi) is 14.2. The Balaban J connectivity index is 2.26. The van der Waals surface area contributed by atoms with Crippen LogP contribution in [0.2, 0.25) is 0 Å². The zero-order valence-electron chi connectivity index (χ0n) is 26.4. The van der Waals surface area contributed by atoms with Crippen molar-refractivity contribution in [3.8, 4) is 0 Å². The van der Waals surface area contributed by atoms with Gasteiger partial charge < -0.3 is 29.2 Å². The van der Waals surface area contributed by atoms with E-state index in [-0.39, 0.29) is 49.4 Å². The van der Waals surface area contributed by atoms with Gasteiger partial charge in [-0.25, -0.2) is 0 Å². The Morgan fingerprint density at radius 2 is 1.91 bits per heavy atom.